The summed E-state index contributed by atoms with van der Waals surface area (Å²) in [5.74, 6) is 0. The summed E-state index contributed by atoms with van der Waals surface area (Å²) in [5, 5.41) is 10.6. The van der Waals surface area contributed by atoms with Gasteiger partial charge < -0.3 is 20.5 Å². The van der Waals surface area contributed by atoms with Gasteiger partial charge >= 0.3 is 6.09 Å². The molecule has 0 unspecified atom stereocenters. The number of carbonyl (C=O) groups excluding carboxylic acids is 1. The van der Waals surface area contributed by atoms with Gasteiger partial charge in [0.1, 0.15) is 5.60 Å². The van der Waals surface area contributed by atoms with Gasteiger partial charge in [0.05, 0.1) is 17.3 Å². The number of hydrogen-bond acceptors (Lipinski definition) is 5. The Hall–Kier alpha value is -3.38. The average molecular weight is 446 g/mol. The molecule has 0 saturated carbocycles. The Bertz CT molecular complexity index is 1110. The van der Waals surface area contributed by atoms with Crippen LogP contribution in [0.15, 0.2) is 72.9 Å². The van der Waals surface area contributed by atoms with Crippen LogP contribution >= 0.6 is 0 Å². The number of rotatable bonds is 6. The number of anilines is 1. The molecule has 172 valence electrons. The summed E-state index contributed by atoms with van der Waals surface area (Å²) in [6, 6.07) is 21.2. The number of pyridine rings is 1. The van der Waals surface area contributed by atoms with E-state index in [-0.39, 0.29) is 12.1 Å². The van der Waals surface area contributed by atoms with Crippen molar-refractivity contribution < 1.29 is 14.6 Å². The van der Waals surface area contributed by atoms with E-state index >= 15 is 0 Å². The summed E-state index contributed by atoms with van der Waals surface area (Å²) in [7, 11) is 0. The van der Waals surface area contributed by atoms with E-state index < -0.39 is 11.2 Å². The Morgan fingerprint density at radius 3 is 2.45 bits per heavy atom. The Kier molecular flexibility index (Phi) is 6.13. The minimum absolute atomic E-state index is 0.156. The van der Waals surface area contributed by atoms with Crippen LogP contribution in [0.5, 0.6) is 0 Å². The highest BCUT2D eigenvalue weighted by molar-refractivity contribution is 5.70. The number of aromatic nitrogens is 1. The Labute approximate surface area is 195 Å². The molecule has 4 rings (SSSR count). The maximum atomic E-state index is 13.2. The molecular weight excluding hydrogens is 414 g/mol. The van der Waals surface area contributed by atoms with E-state index in [0.29, 0.717) is 25.1 Å². The molecule has 1 amide bonds. The van der Waals surface area contributed by atoms with Crippen LogP contribution in [0.2, 0.25) is 0 Å². The van der Waals surface area contributed by atoms with Gasteiger partial charge in [0.2, 0.25) is 0 Å². The second kappa shape index (κ2) is 8.87. The molecule has 0 radical (unpaired) electrons. The number of amides is 1. The molecule has 3 N–H and O–H groups in total. The summed E-state index contributed by atoms with van der Waals surface area (Å²) in [6.45, 7) is 6.03. The van der Waals surface area contributed by atoms with E-state index in [0.717, 1.165) is 22.4 Å². The molecule has 3 aromatic rings. The van der Waals surface area contributed by atoms with Gasteiger partial charge in [0, 0.05) is 36.8 Å². The molecule has 1 aromatic heterocycles. The molecule has 1 fully saturated rings. The van der Waals surface area contributed by atoms with Crippen molar-refractivity contribution in [2.24, 2.45) is 0 Å². The minimum Gasteiger partial charge on any atom is -0.438 e. The zero-order valence-corrected chi connectivity index (χ0v) is 19.4. The zero-order chi connectivity index (χ0) is 23.6. The fraction of sp³-hybridized carbons (Fsp3) is 0.333. The summed E-state index contributed by atoms with van der Waals surface area (Å²) < 4.78 is 6.10. The van der Waals surface area contributed by atoms with Gasteiger partial charge in [-0.25, -0.2) is 4.79 Å². The predicted molar refractivity (Wildman–Crippen MR) is 129 cm³/mol. The normalized spacial score (nSPS) is 19.8. The summed E-state index contributed by atoms with van der Waals surface area (Å²) in [4.78, 5) is 19.3. The van der Waals surface area contributed by atoms with E-state index in [2.05, 4.69) is 4.98 Å². The number of nitrogens with two attached hydrogens (primary N) is 1. The van der Waals surface area contributed by atoms with Gasteiger partial charge in [-0.15, -0.1) is 0 Å². The lowest BCUT2D eigenvalue weighted by Gasteiger charge is -2.45. The first-order chi connectivity index (χ1) is 15.7. The van der Waals surface area contributed by atoms with Crippen molar-refractivity contribution in [1.82, 2.24) is 9.88 Å². The van der Waals surface area contributed by atoms with Crippen molar-refractivity contribution in [3.8, 4) is 11.3 Å². The number of nitrogen functional groups attached to an aromatic ring is 1. The molecule has 1 aliphatic heterocycles. The van der Waals surface area contributed by atoms with Gasteiger partial charge in [-0.05, 0) is 44.0 Å². The molecule has 2 heterocycles. The lowest BCUT2D eigenvalue weighted by molar-refractivity contribution is -0.101. The summed E-state index contributed by atoms with van der Waals surface area (Å²) >= 11 is 0. The number of benzene rings is 2. The van der Waals surface area contributed by atoms with Gasteiger partial charge in [0.25, 0.3) is 0 Å². The second-order valence-corrected chi connectivity index (χ2v) is 9.43. The quantitative estimate of drug-likeness (QED) is 0.538. The summed E-state index contributed by atoms with van der Waals surface area (Å²) in [6.07, 6.45) is 2.25. The monoisotopic (exact) mass is 445 g/mol. The van der Waals surface area contributed by atoms with E-state index in [1.54, 1.807) is 31.0 Å². The van der Waals surface area contributed by atoms with Crippen molar-refractivity contribution in [3.63, 3.8) is 0 Å². The van der Waals surface area contributed by atoms with Crippen LogP contribution in [0.25, 0.3) is 11.3 Å². The maximum Gasteiger partial charge on any atom is 0.411 e. The van der Waals surface area contributed by atoms with E-state index in [4.69, 9.17) is 10.5 Å². The molecule has 2 aromatic carbocycles. The highest BCUT2D eigenvalue weighted by Gasteiger charge is 2.46. The average Bonchev–Trinajstić information content (AvgIpc) is 2.78. The standard InChI is InChI=1S/C27H31N3O3/c1-19(20-9-11-21(12-10-20)24-17-23(28)13-15-29-24)30-16-14-27(33-25(30)31,18-26(2,3)32)22-7-5-4-6-8-22/h4-13,15,17,19,32H,14,16,18H2,1-3H3,(H2,28,29)/t19-,27-/m0/s1. The van der Waals surface area contributed by atoms with Crippen molar-refractivity contribution in [3.05, 3.63) is 84.1 Å². The third kappa shape index (κ3) is 5.01. The first-order valence-corrected chi connectivity index (χ1v) is 11.3. The van der Waals surface area contributed by atoms with Gasteiger partial charge in [-0.3, -0.25) is 4.98 Å². The van der Waals surface area contributed by atoms with Crippen molar-refractivity contribution in [2.45, 2.75) is 50.9 Å². The molecule has 33 heavy (non-hydrogen) atoms. The third-order valence-electron chi connectivity index (χ3n) is 6.23. The van der Waals surface area contributed by atoms with Crippen LogP contribution in [-0.2, 0) is 10.3 Å². The number of nitrogens with zero attached hydrogens (tertiary/aromatic N) is 2. The highest BCUT2D eigenvalue weighted by Crippen LogP contribution is 2.42. The third-order valence-corrected chi connectivity index (χ3v) is 6.23. The van der Waals surface area contributed by atoms with Gasteiger partial charge in [0.15, 0.2) is 0 Å². The molecule has 6 nitrogen and oxygen atoms in total. The Balaban J connectivity index is 1.53. The van der Waals surface area contributed by atoms with Crippen LogP contribution in [0.1, 0.15) is 50.8 Å². The van der Waals surface area contributed by atoms with Crippen LogP contribution in [0, 0.1) is 0 Å². The van der Waals surface area contributed by atoms with E-state index in [9.17, 15) is 9.90 Å². The van der Waals surface area contributed by atoms with Crippen LogP contribution < -0.4 is 5.73 Å². The largest absolute Gasteiger partial charge is 0.438 e. The number of cyclic esters (lactones) is 1. The van der Waals surface area contributed by atoms with Gasteiger partial charge in [-0.1, -0.05) is 54.6 Å². The van der Waals surface area contributed by atoms with Crippen LogP contribution in [0.3, 0.4) is 0 Å². The fourth-order valence-electron chi connectivity index (χ4n) is 4.61. The summed E-state index contributed by atoms with van der Waals surface area (Å²) in [5.41, 5.74) is 8.41. The predicted octanol–water partition coefficient (Wildman–Crippen LogP) is 5.29. The Morgan fingerprint density at radius 2 is 1.85 bits per heavy atom. The first kappa shape index (κ1) is 22.8. The Morgan fingerprint density at radius 1 is 1.15 bits per heavy atom. The SMILES string of the molecule is C[C@@H](c1ccc(-c2cc(N)ccn2)cc1)N1CC[C@](CC(C)(C)O)(c2ccccc2)OC1=O. The maximum absolute atomic E-state index is 13.2. The highest BCUT2D eigenvalue weighted by atomic mass is 16.6. The second-order valence-electron chi connectivity index (χ2n) is 9.43. The topological polar surface area (TPSA) is 88.7 Å². The minimum atomic E-state index is -0.978. The lowest BCUT2D eigenvalue weighted by Crippen LogP contribution is -2.51. The number of hydrogen-bond donors (Lipinski definition) is 2. The first-order valence-electron chi connectivity index (χ1n) is 11.3. The van der Waals surface area contributed by atoms with Crippen molar-refractivity contribution >= 4 is 11.8 Å². The van der Waals surface area contributed by atoms with Gasteiger partial charge in [-0.2, -0.15) is 0 Å². The van der Waals surface area contributed by atoms with Crippen molar-refractivity contribution in [2.75, 3.05) is 12.3 Å². The molecule has 2 atom stereocenters. The smallest absolute Gasteiger partial charge is 0.411 e. The molecule has 0 spiro atoms. The van der Waals surface area contributed by atoms with E-state index in [1.807, 2.05) is 67.6 Å². The molecule has 0 bridgehead atoms. The molecular formula is C27H31N3O3. The fourth-order valence-corrected chi connectivity index (χ4v) is 4.61. The van der Waals surface area contributed by atoms with E-state index in [1.165, 1.54) is 0 Å². The molecule has 0 aliphatic carbocycles. The number of aliphatic hydroxyl groups is 1. The van der Waals surface area contributed by atoms with Crippen LogP contribution in [-0.4, -0.2) is 33.2 Å². The van der Waals surface area contributed by atoms with Crippen molar-refractivity contribution in [1.29, 1.82) is 0 Å². The lowest BCUT2D eigenvalue weighted by atomic mass is 9.80. The zero-order valence-electron chi connectivity index (χ0n) is 19.4. The number of carbonyl (C=O) groups is 1. The molecule has 6 heteroatoms. The number of ether oxygens (including phenoxy) is 1. The molecule has 1 saturated heterocycles. The van der Waals surface area contributed by atoms with Crippen LogP contribution in [0.4, 0.5) is 10.5 Å². The molecule has 1 aliphatic rings.